The normalized spacial score (nSPS) is 17.4. The highest BCUT2D eigenvalue weighted by atomic mass is 16.6. The lowest BCUT2D eigenvalue weighted by molar-refractivity contribution is 0.0299. The quantitative estimate of drug-likeness (QED) is 0.926. The van der Waals surface area contributed by atoms with E-state index in [1.807, 2.05) is 20.8 Å². The van der Waals surface area contributed by atoms with Crippen LogP contribution in [0.1, 0.15) is 44.4 Å². The Kier molecular flexibility index (Phi) is 4.88. The van der Waals surface area contributed by atoms with E-state index in [2.05, 4.69) is 29.6 Å². The molecule has 1 atom stereocenters. The Morgan fingerprint density at radius 3 is 2.81 bits per heavy atom. The summed E-state index contributed by atoms with van der Waals surface area (Å²) in [6, 6.07) is 8.98. The molecule has 0 radical (unpaired) electrons. The number of benzene rings is 1. The molecule has 1 amide bonds. The number of hydrogen-bond donors (Lipinski definition) is 1. The molecule has 0 fully saturated rings. The third-order valence-corrected chi connectivity index (χ3v) is 3.68. The Bertz CT molecular complexity index is 494. The molecule has 0 spiro atoms. The molecule has 4 nitrogen and oxygen atoms in total. The number of rotatable bonds is 4. The zero-order chi connectivity index (χ0) is 15.5. The average Bonchev–Trinajstić information content (AvgIpc) is 2.80. The maximum atomic E-state index is 11.9. The summed E-state index contributed by atoms with van der Waals surface area (Å²) in [5.74, 6) is 0. The van der Waals surface area contributed by atoms with Gasteiger partial charge in [0, 0.05) is 26.2 Å². The van der Waals surface area contributed by atoms with Crippen molar-refractivity contribution in [1.29, 1.82) is 0 Å². The van der Waals surface area contributed by atoms with Crippen LogP contribution in [0.25, 0.3) is 0 Å². The summed E-state index contributed by atoms with van der Waals surface area (Å²) >= 11 is 0. The fraction of sp³-hybridized carbons (Fsp3) is 0.588. The second-order valence-corrected chi connectivity index (χ2v) is 6.65. The van der Waals surface area contributed by atoms with Gasteiger partial charge >= 0.3 is 6.09 Å². The summed E-state index contributed by atoms with van der Waals surface area (Å²) in [6.45, 7) is 7.06. The van der Waals surface area contributed by atoms with E-state index >= 15 is 0 Å². The molecule has 116 valence electrons. The van der Waals surface area contributed by atoms with Crippen molar-refractivity contribution in [3.63, 3.8) is 0 Å². The lowest BCUT2D eigenvalue weighted by Crippen LogP contribution is -2.38. The van der Waals surface area contributed by atoms with Crippen molar-refractivity contribution in [2.45, 2.75) is 45.3 Å². The van der Waals surface area contributed by atoms with Crippen LogP contribution in [-0.2, 0) is 11.2 Å². The topological polar surface area (TPSA) is 41.6 Å². The third kappa shape index (κ3) is 4.46. The summed E-state index contributed by atoms with van der Waals surface area (Å²) in [7, 11) is 1.78. The number of likely N-dealkylation sites (N-methyl/N-ethyl adjacent to an activating group) is 1. The van der Waals surface area contributed by atoms with Crippen molar-refractivity contribution in [2.24, 2.45) is 0 Å². The van der Waals surface area contributed by atoms with E-state index in [9.17, 15) is 4.79 Å². The first-order valence-corrected chi connectivity index (χ1v) is 7.62. The van der Waals surface area contributed by atoms with Gasteiger partial charge in [-0.05, 0) is 44.7 Å². The molecule has 0 saturated carbocycles. The lowest BCUT2D eigenvalue weighted by atomic mass is 10.1. The van der Waals surface area contributed by atoms with E-state index in [-0.39, 0.29) is 6.09 Å². The minimum Gasteiger partial charge on any atom is -0.444 e. The van der Waals surface area contributed by atoms with E-state index in [1.165, 1.54) is 11.1 Å². The molecule has 1 aliphatic carbocycles. The van der Waals surface area contributed by atoms with Crippen LogP contribution >= 0.6 is 0 Å². The van der Waals surface area contributed by atoms with Crippen molar-refractivity contribution in [3.8, 4) is 0 Å². The fourth-order valence-corrected chi connectivity index (χ4v) is 2.61. The second kappa shape index (κ2) is 6.48. The predicted molar refractivity (Wildman–Crippen MR) is 84.4 cm³/mol. The summed E-state index contributed by atoms with van der Waals surface area (Å²) in [5.41, 5.74) is 2.40. The SMILES string of the molecule is CN(CCNC1CCc2ccccc21)C(=O)OC(C)(C)C. The monoisotopic (exact) mass is 290 g/mol. The fourth-order valence-electron chi connectivity index (χ4n) is 2.61. The predicted octanol–water partition coefficient (Wildman–Crippen LogP) is 3.13. The van der Waals surface area contributed by atoms with Crippen molar-refractivity contribution in [2.75, 3.05) is 20.1 Å². The largest absolute Gasteiger partial charge is 0.444 e. The Hall–Kier alpha value is -1.55. The van der Waals surface area contributed by atoms with Gasteiger partial charge < -0.3 is 15.0 Å². The van der Waals surface area contributed by atoms with Gasteiger partial charge in [0.25, 0.3) is 0 Å². The molecule has 0 heterocycles. The van der Waals surface area contributed by atoms with E-state index in [0.29, 0.717) is 12.6 Å². The molecular weight excluding hydrogens is 264 g/mol. The number of nitrogens with zero attached hydrogens (tertiary/aromatic N) is 1. The van der Waals surface area contributed by atoms with Gasteiger partial charge in [0.2, 0.25) is 0 Å². The zero-order valence-corrected chi connectivity index (χ0v) is 13.5. The highest BCUT2D eigenvalue weighted by molar-refractivity contribution is 5.67. The number of nitrogens with one attached hydrogen (secondary N) is 1. The number of aryl methyl sites for hydroxylation is 1. The molecular formula is C17H26N2O2. The number of ether oxygens (including phenoxy) is 1. The molecule has 0 bridgehead atoms. The molecule has 2 rings (SSSR count). The molecule has 1 aliphatic rings. The number of amides is 1. The van der Waals surface area contributed by atoms with Crippen molar-refractivity contribution in [3.05, 3.63) is 35.4 Å². The van der Waals surface area contributed by atoms with Crippen LogP contribution in [0.3, 0.4) is 0 Å². The average molecular weight is 290 g/mol. The smallest absolute Gasteiger partial charge is 0.410 e. The van der Waals surface area contributed by atoms with Crippen molar-refractivity contribution < 1.29 is 9.53 Å². The highest BCUT2D eigenvalue weighted by Gasteiger charge is 2.22. The van der Waals surface area contributed by atoms with Crippen LogP contribution in [0, 0.1) is 0 Å². The van der Waals surface area contributed by atoms with Gasteiger partial charge in [-0.1, -0.05) is 24.3 Å². The number of fused-ring (bicyclic) bond motifs is 1. The first-order valence-electron chi connectivity index (χ1n) is 7.62. The van der Waals surface area contributed by atoms with Gasteiger partial charge in [0.1, 0.15) is 5.60 Å². The molecule has 0 saturated heterocycles. The van der Waals surface area contributed by atoms with Crippen molar-refractivity contribution >= 4 is 6.09 Å². The molecule has 1 N–H and O–H groups in total. The number of carbonyl (C=O) groups excluding carboxylic acids is 1. The maximum absolute atomic E-state index is 11.9. The Morgan fingerprint density at radius 2 is 2.10 bits per heavy atom. The second-order valence-electron chi connectivity index (χ2n) is 6.65. The summed E-state index contributed by atoms with van der Waals surface area (Å²) < 4.78 is 5.34. The molecule has 0 aliphatic heterocycles. The summed E-state index contributed by atoms with van der Waals surface area (Å²) in [5, 5.41) is 3.54. The van der Waals surface area contributed by atoms with E-state index in [0.717, 1.165) is 19.4 Å². The lowest BCUT2D eigenvalue weighted by Gasteiger charge is -2.25. The molecule has 1 aromatic carbocycles. The standard InChI is InChI=1S/C17H26N2O2/c1-17(2,3)21-16(20)19(4)12-11-18-15-10-9-13-7-5-6-8-14(13)15/h5-8,15,18H,9-12H2,1-4H3. The summed E-state index contributed by atoms with van der Waals surface area (Å²) in [4.78, 5) is 13.5. The minimum absolute atomic E-state index is 0.267. The van der Waals surface area contributed by atoms with E-state index in [4.69, 9.17) is 4.74 Å². The van der Waals surface area contributed by atoms with Crippen LogP contribution < -0.4 is 5.32 Å². The first kappa shape index (κ1) is 15.8. The van der Waals surface area contributed by atoms with Crippen LogP contribution in [0.2, 0.25) is 0 Å². The van der Waals surface area contributed by atoms with Gasteiger partial charge in [-0.25, -0.2) is 4.79 Å². The maximum Gasteiger partial charge on any atom is 0.410 e. The number of carbonyl (C=O) groups is 1. The minimum atomic E-state index is -0.441. The van der Waals surface area contributed by atoms with Crippen molar-refractivity contribution in [1.82, 2.24) is 10.2 Å². The van der Waals surface area contributed by atoms with Gasteiger partial charge in [-0.2, -0.15) is 0 Å². The molecule has 4 heteroatoms. The van der Waals surface area contributed by atoms with Gasteiger partial charge in [-0.3, -0.25) is 0 Å². The number of hydrogen-bond acceptors (Lipinski definition) is 3. The van der Waals surface area contributed by atoms with Crippen LogP contribution in [0.5, 0.6) is 0 Å². The molecule has 1 unspecified atom stereocenters. The Labute approximate surface area is 127 Å². The van der Waals surface area contributed by atoms with Gasteiger partial charge in [0.15, 0.2) is 0 Å². The third-order valence-electron chi connectivity index (χ3n) is 3.68. The van der Waals surface area contributed by atoms with Gasteiger partial charge in [0.05, 0.1) is 0 Å². The Balaban J connectivity index is 1.76. The zero-order valence-electron chi connectivity index (χ0n) is 13.5. The van der Waals surface area contributed by atoms with Gasteiger partial charge in [-0.15, -0.1) is 0 Å². The van der Waals surface area contributed by atoms with Crippen LogP contribution in [0.4, 0.5) is 4.79 Å². The first-order chi connectivity index (χ1) is 9.87. The Morgan fingerprint density at radius 1 is 1.38 bits per heavy atom. The van der Waals surface area contributed by atoms with Crippen LogP contribution in [0.15, 0.2) is 24.3 Å². The summed E-state index contributed by atoms with van der Waals surface area (Å²) in [6.07, 6.45) is 2.00. The van der Waals surface area contributed by atoms with E-state index in [1.54, 1.807) is 11.9 Å². The molecule has 21 heavy (non-hydrogen) atoms. The van der Waals surface area contributed by atoms with Crippen LogP contribution in [-0.4, -0.2) is 36.7 Å². The molecule has 1 aromatic rings. The highest BCUT2D eigenvalue weighted by Crippen LogP contribution is 2.30. The van der Waals surface area contributed by atoms with E-state index < -0.39 is 5.60 Å². The molecule has 0 aromatic heterocycles.